The summed E-state index contributed by atoms with van der Waals surface area (Å²) < 4.78 is 4.71. The van der Waals surface area contributed by atoms with Crippen LogP contribution >= 0.6 is 0 Å². The lowest BCUT2D eigenvalue weighted by molar-refractivity contribution is 0.332. The molecule has 5 nitrogen and oxygen atoms in total. The number of hydrogen-bond donors (Lipinski definition) is 0. The van der Waals surface area contributed by atoms with Gasteiger partial charge in [-0.2, -0.15) is 9.97 Å². The van der Waals surface area contributed by atoms with Crippen molar-refractivity contribution in [1.29, 1.82) is 0 Å². The molecule has 11 aromatic rings. The van der Waals surface area contributed by atoms with Crippen LogP contribution in [0.4, 0.5) is 0 Å². The zero-order chi connectivity index (χ0) is 43.2. The highest BCUT2D eigenvalue weighted by atomic mass is 15.2. The molecule has 0 amide bonds. The summed E-state index contributed by atoms with van der Waals surface area (Å²) in [6, 6.07) is 67.6. The number of aromatic nitrogens is 5. The first-order valence-electron chi connectivity index (χ1n) is 22.4. The second-order valence-corrected chi connectivity index (χ2v) is 18.7. The number of nitrogens with zero attached hydrogens (tertiary/aromatic N) is 5. The quantitative estimate of drug-likeness (QED) is 0.168. The van der Waals surface area contributed by atoms with E-state index in [1.54, 1.807) is 0 Å². The SMILES string of the molecule is CC1(C)CCC(C)(C)c2cc(-c3ccccc3-n3c4ccccc4c4cc5c6ccccc6n(-c6nc(-c7ccccc7)nc(-c7cccc(-c8ccccc8)c7)n6)c5cc43)ccc21. The molecule has 308 valence electrons. The molecule has 0 unspecified atom stereocenters. The van der Waals surface area contributed by atoms with Gasteiger partial charge in [0.1, 0.15) is 0 Å². The molecule has 0 aliphatic heterocycles. The summed E-state index contributed by atoms with van der Waals surface area (Å²) >= 11 is 0. The smallest absolute Gasteiger partial charge is 0.238 e. The van der Waals surface area contributed by atoms with Crippen molar-refractivity contribution in [3.8, 4) is 56.7 Å². The van der Waals surface area contributed by atoms with Crippen molar-refractivity contribution in [2.75, 3.05) is 0 Å². The molecule has 0 bridgehead atoms. The Labute approximate surface area is 373 Å². The molecular formula is C59H47N5. The second kappa shape index (κ2) is 14.5. The molecule has 1 aliphatic carbocycles. The van der Waals surface area contributed by atoms with Crippen molar-refractivity contribution < 1.29 is 0 Å². The van der Waals surface area contributed by atoms with Gasteiger partial charge in [0.15, 0.2) is 11.6 Å². The first kappa shape index (κ1) is 38.1. The van der Waals surface area contributed by atoms with Gasteiger partial charge in [0, 0.05) is 38.2 Å². The van der Waals surface area contributed by atoms with Crippen LogP contribution in [-0.4, -0.2) is 24.1 Å². The standard InChI is InChI=1S/C59H47N5/c1-58(2)32-33-59(3,4)49-35-41(30-31-48(49)58)43-24-11-14-27-50(43)63-51-28-15-12-25-44(51)46-36-47-45-26-13-16-29-52(45)64(54(47)37-53(46)63)57-61-55(39-20-9-6-10-21-39)60-56(62-57)42-23-17-22-40(34-42)38-18-7-5-8-19-38/h5-31,34-37H,32-33H2,1-4H3. The Kier molecular flexibility index (Phi) is 8.61. The van der Waals surface area contributed by atoms with Gasteiger partial charge in [-0.15, -0.1) is 0 Å². The van der Waals surface area contributed by atoms with Crippen LogP contribution in [0.15, 0.2) is 188 Å². The van der Waals surface area contributed by atoms with Gasteiger partial charge in [0.05, 0.1) is 27.8 Å². The first-order valence-corrected chi connectivity index (χ1v) is 22.4. The molecular weight excluding hydrogens is 779 g/mol. The number of benzene rings is 8. The highest BCUT2D eigenvalue weighted by Gasteiger charge is 2.37. The van der Waals surface area contributed by atoms with Crippen LogP contribution < -0.4 is 0 Å². The Bertz CT molecular complexity index is 3610. The number of rotatable bonds is 6. The largest absolute Gasteiger partial charge is 0.309 e. The van der Waals surface area contributed by atoms with Crippen molar-refractivity contribution >= 4 is 43.6 Å². The summed E-state index contributed by atoms with van der Waals surface area (Å²) in [4.78, 5) is 15.8. The highest BCUT2D eigenvalue weighted by molar-refractivity contribution is 6.19. The third kappa shape index (κ3) is 6.10. The Morgan fingerprint density at radius 1 is 0.359 bits per heavy atom. The van der Waals surface area contributed by atoms with Crippen molar-refractivity contribution in [3.05, 3.63) is 199 Å². The lowest BCUT2D eigenvalue weighted by Gasteiger charge is -2.42. The number of hydrogen-bond acceptors (Lipinski definition) is 3. The van der Waals surface area contributed by atoms with Gasteiger partial charge in [-0.3, -0.25) is 4.57 Å². The maximum Gasteiger partial charge on any atom is 0.238 e. The van der Waals surface area contributed by atoms with E-state index in [1.807, 2.05) is 24.3 Å². The maximum atomic E-state index is 5.35. The topological polar surface area (TPSA) is 48.5 Å². The van der Waals surface area contributed by atoms with Crippen molar-refractivity contribution in [2.45, 2.75) is 51.4 Å². The molecule has 0 spiro atoms. The summed E-state index contributed by atoms with van der Waals surface area (Å²) in [5.41, 5.74) is 15.2. The van der Waals surface area contributed by atoms with Gasteiger partial charge in [-0.25, -0.2) is 4.98 Å². The summed E-state index contributed by atoms with van der Waals surface area (Å²) in [7, 11) is 0. The van der Waals surface area contributed by atoms with Gasteiger partial charge in [-0.1, -0.05) is 179 Å². The monoisotopic (exact) mass is 825 g/mol. The summed E-state index contributed by atoms with van der Waals surface area (Å²) in [5.74, 6) is 1.81. The van der Waals surface area contributed by atoms with Crippen LogP contribution in [-0.2, 0) is 10.8 Å². The zero-order valence-electron chi connectivity index (χ0n) is 36.5. The Morgan fingerprint density at radius 3 is 1.62 bits per heavy atom. The molecule has 0 N–H and O–H groups in total. The fourth-order valence-electron chi connectivity index (χ4n) is 10.4. The minimum absolute atomic E-state index is 0.0988. The fourth-order valence-corrected chi connectivity index (χ4v) is 10.4. The predicted molar refractivity (Wildman–Crippen MR) is 266 cm³/mol. The molecule has 0 saturated heterocycles. The van der Waals surface area contributed by atoms with E-state index in [9.17, 15) is 0 Å². The average molecular weight is 826 g/mol. The molecule has 0 atom stereocenters. The number of para-hydroxylation sites is 3. The van der Waals surface area contributed by atoms with Crippen LogP contribution in [0.3, 0.4) is 0 Å². The minimum atomic E-state index is 0.0988. The Balaban J connectivity index is 1.12. The van der Waals surface area contributed by atoms with E-state index in [2.05, 4.69) is 201 Å². The Morgan fingerprint density at radius 2 is 0.906 bits per heavy atom. The van der Waals surface area contributed by atoms with Gasteiger partial charge in [-0.05, 0) is 87.9 Å². The highest BCUT2D eigenvalue weighted by Crippen LogP contribution is 2.48. The van der Waals surface area contributed by atoms with Crippen LogP contribution in [0.2, 0.25) is 0 Å². The van der Waals surface area contributed by atoms with Gasteiger partial charge in [0.2, 0.25) is 5.95 Å². The molecule has 64 heavy (non-hydrogen) atoms. The maximum absolute atomic E-state index is 5.35. The molecule has 1 aliphatic rings. The summed E-state index contributed by atoms with van der Waals surface area (Å²) in [5, 5.41) is 4.71. The molecule has 3 heterocycles. The van der Waals surface area contributed by atoms with Crippen molar-refractivity contribution in [1.82, 2.24) is 24.1 Å². The average Bonchev–Trinajstić information content (AvgIpc) is 3.84. The van der Waals surface area contributed by atoms with Crippen LogP contribution in [0.5, 0.6) is 0 Å². The van der Waals surface area contributed by atoms with Crippen LogP contribution in [0.1, 0.15) is 51.7 Å². The van der Waals surface area contributed by atoms with E-state index < -0.39 is 0 Å². The molecule has 8 aromatic carbocycles. The first-order chi connectivity index (χ1) is 31.2. The molecule has 5 heteroatoms. The third-order valence-electron chi connectivity index (χ3n) is 13.9. The second-order valence-electron chi connectivity index (χ2n) is 18.7. The van der Waals surface area contributed by atoms with Gasteiger partial charge >= 0.3 is 0 Å². The predicted octanol–water partition coefficient (Wildman–Crippen LogP) is 15.1. The lowest BCUT2D eigenvalue weighted by Crippen LogP contribution is -2.33. The van der Waals surface area contributed by atoms with Crippen molar-refractivity contribution in [2.24, 2.45) is 0 Å². The van der Waals surface area contributed by atoms with Crippen LogP contribution in [0, 0.1) is 0 Å². The third-order valence-corrected chi connectivity index (χ3v) is 13.9. The fraction of sp³-hybridized carbons (Fsp3) is 0.136. The van der Waals surface area contributed by atoms with E-state index >= 15 is 0 Å². The van der Waals surface area contributed by atoms with Crippen molar-refractivity contribution in [3.63, 3.8) is 0 Å². The van der Waals surface area contributed by atoms with E-state index in [0.717, 1.165) is 55.3 Å². The summed E-state index contributed by atoms with van der Waals surface area (Å²) in [6.07, 6.45) is 2.36. The molecule has 3 aromatic heterocycles. The lowest BCUT2D eigenvalue weighted by atomic mass is 9.63. The normalized spacial score (nSPS) is 14.4. The van der Waals surface area contributed by atoms with E-state index in [4.69, 9.17) is 15.0 Å². The summed E-state index contributed by atoms with van der Waals surface area (Å²) in [6.45, 7) is 9.62. The molecule has 12 rings (SSSR count). The molecule has 0 radical (unpaired) electrons. The van der Waals surface area contributed by atoms with Gasteiger partial charge < -0.3 is 4.57 Å². The molecule has 0 fully saturated rings. The zero-order valence-corrected chi connectivity index (χ0v) is 36.5. The van der Waals surface area contributed by atoms with Gasteiger partial charge in [0.25, 0.3) is 0 Å². The Hall–Kier alpha value is -7.63. The van der Waals surface area contributed by atoms with Crippen LogP contribution in [0.25, 0.3) is 100 Å². The number of fused-ring (bicyclic) bond motifs is 7. The molecule has 0 saturated carbocycles. The van der Waals surface area contributed by atoms with E-state index in [0.29, 0.717) is 17.6 Å². The van der Waals surface area contributed by atoms with E-state index in [1.165, 1.54) is 51.4 Å². The van der Waals surface area contributed by atoms with E-state index in [-0.39, 0.29) is 10.8 Å². The minimum Gasteiger partial charge on any atom is -0.309 e.